The Morgan fingerprint density at radius 3 is 2.65 bits per heavy atom. The van der Waals surface area contributed by atoms with Crippen molar-refractivity contribution in [2.75, 3.05) is 0 Å². The molecule has 1 aromatic heterocycles. The number of amides is 1. The van der Waals surface area contributed by atoms with Gasteiger partial charge in [0.1, 0.15) is 5.75 Å². The Kier molecular flexibility index (Phi) is 5.18. The molecule has 4 heteroatoms. The third-order valence-corrected chi connectivity index (χ3v) is 3.91. The number of thiophene rings is 1. The lowest BCUT2D eigenvalue weighted by Gasteiger charge is -2.14. The van der Waals surface area contributed by atoms with E-state index in [1.54, 1.807) is 18.3 Å². The van der Waals surface area contributed by atoms with Crippen LogP contribution in [0.1, 0.15) is 24.3 Å². The number of aryl methyl sites for hydroxylation is 1. The highest BCUT2D eigenvalue weighted by molar-refractivity contribution is 7.09. The normalized spacial score (nSPS) is 11.9. The molecule has 0 radical (unpaired) electrons. The van der Waals surface area contributed by atoms with Crippen LogP contribution >= 0.6 is 11.3 Å². The Morgan fingerprint density at radius 1 is 1.30 bits per heavy atom. The van der Waals surface area contributed by atoms with Gasteiger partial charge in [-0.3, -0.25) is 4.79 Å². The molecule has 106 valence electrons. The van der Waals surface area contributed by atoms with Crippen LogP contribution in [-0.2, 0) is 17.8 Å². The average molecular weight is 289 g/mol. The first kappa shape index (κ1) is 14.6. The van der Waals surface area contributed by atoms with E-state index in [2.05, 4.69) is 12.2 Å². The van der Waals surface area contributed by atoms with Crippen LogP contribution < -0.4 is 10.1 Å². The Bertz CT molecular complexity index is 534. The largest absolute Gasteiger partial charge is 0.481 e. The highest BCUT2D eigenvalue weighted by Crippen LogP contribution is 2.14. The van der Waals surface area contributed by atoms with Crippen LogP contribution in [-0.4, -0.2) is 12.0 Å². The fourth-order valence-electron chi connectivity index (χ4n) is 1.79. The Morgan fingerprint density at radius 2 is 2.05 bits per heavy atom. The molecule has 0 fully saturated rings. The molecule has 1 N–H and O–H groups in total. The fourth-order valence-corrected chi connectivity index (χ4v) is 2.44. The minimum atomic E-state index is -0.498. The zero-order valence-electron chi connectivity index (χ0n) is 11.8. The van der Waals surface area contributed by atoms with E-state index in [1.165, 1.54) is 5.56 Å². The molecule has 0 spiro atoms. The number of hydrogen-bond acceptors (Lipinski definition) is 3. The van der Waals surface area contributed by atoms with Gasteiger partial charge in [-0.15, -0.1) is 11.3 Å². The van der Waals surface area contributed by atoms with Crippen molar-refractivity contribution in [3.05, 3.63) is 52.2 Å². The third kappa shape index (κ3) is 4.10. The predicted octanol–water partition coefficient (Wildman–Crippen LogP) is 3.39. The predicted molar refractivity (Wildman–Crippen MR) is 82.1 cm³/mol. The van der Waals surface area contributed by atoms with Gasteiger partial charge in [-0.1, -0.05) is 25.1 Å². The Labute approximate surface area is 123 Å². The molecular weight excluding hydrogens is 270 g/mol. The molecule has 1 aromatic carbocycles. The van der Waals surface area contributed by atoms with Crippen LogP contribution in [0.15, 0.2) is 41.8 Å². The van der Waals surface area contributed by atoms with E-state index in [0.717, 1.165) is 17.0 Å². The van der Waals surface area contributed by atoms with E-state index in [-0.39, 0.29) is 5.91 Å². The second-order valence-corrected chi connectivity index (χ2v) is 5.59. The van der Waals surface area contributed by atoms with Crippen molar-refractivity contribution >= 4 is 17.2 Å². The van der Waals surface area contributed by atoms with Crippen molar-refractivity contribution in [3.63, 3.8) is 0 Å². The zero-order valence-corrected chi connectivity index (χ0v) is 12.6. The summed E-state index contributed by atoms with van der Waals surface area (Å²) in [6.45, 7) is 4.42. The highest BCUT2D eigenvalue weighted by Gasteiger charge is 2.14. The summed E-state index contributed by atoms with van der Waals surface area (Å²) in [7, 11) is 0. The minimum Gasteiger partial charge on any atom is -0.481 e. The summed E-state index contributed by atoms with van der Waals surface area (Å²) in [6.07, 6.45) is 0.499. The van der Waals surface area contributed by atoms with Gasteiger partial charge in [-0.2, -0.15) is 0 Å². The molecule has 2 aromatic rings. The van der Waals surface area contributed by atoms with Crippen molar-refractivity contribution in [1.29, 1.82) is 0 Å². The summed E-state index contributed by atoms with van der Waals surface area (Å²) in [6, 6.07) is 11.8. The molecule has 0 aliphatic carbocycles. The second kappa shape index (κ2) is 7.10. The number of rotatable bonds is 6. The molecule has 0 bridgehead atoms. The topological polar surface area (TPSA) is 38.3 Å². The van der Waals surface area contributed by atoms with Gasteiger partial charge >= 0.3 is 0 Å². The van der Waals surface area contributed by atoms with E-state index in [0.29, 0.717) is 6.54 Å². The monoisotopic (exact) mass is 289 g/mol. The lowest BCUT2D eigenvalue weighted by Crippen LogP contribution is -2.35. The van der Waals surface area contributed by atoms with Gasteiger partial charge in [-0.05, 0) is 42.5 Å². The van der Waals surface area contributed by atoms with Crippen molar-refractivity contribution in [2.45, 2.75) is 32.9 Å². The number of hydrogen-bond donors (Lipinski definition) is 1. The maximum atomic E-state index is 11.9. The standard InChI is InChI=1S/C16H19NO2S/c1-3-13-6-8-14(9-7-13)19-12(2)16(18)17-11-15-5-4-10-20-15/h4-10,12H,3,11H2,1-2H3,(H,17,18)/t12-/m0/s1. The molecule has 0 aliphatic rings. The lowest BCUT2D eigenvalue weighted by molar-refractivity contribution is -0.127. The molecule has 1 atom stereocenters. The Hall–Kier alpha value is -1.81. The van der Waals surface area contributed by atoms with Crippen molar-refractivity contribution in [1.82, 2.24) is 5.32 Å². The van der Waals surface area contributed by atoms with Gasteiger partial charge in [0.15, 0.2) is 6.10 Å². The molecule has 2 rings (SSSR count). The summed E-state index contributed by atoms with van der Waals surface area (Å²) < 4.78 is 5.64. The number of carbonyl (C=O) groups excluding carboxylic acids is 1. The number of nitrogens with one attached hydrogen (secondary N) is 1. The number of carbonyl (C=O) groups is 1. The van der Waals surface area contributed by atoms with Gasteiger partial charge in [0, 0.05) is 4.88 Å². The van der Waals surface area contributed by atoms with Crippen LogP contribution in [0.5, 0.6) is 5.75 Å². The summed E-state index contributed by atoms with van der Waals surface area (Å²) in [5.74, 6) is 0.624. The van der Waals surface area contributed by atoms with Crippen molar-refractivity contribution < 1.29 is 9.53 Å². The molecule has 1 amide bonds. The van der Waals surface area contributed by atoms with Gasteiger partial charge in [0.2, 0.25) is 0 Å². The number of ether oxygens (including phenoxy) is 1. The van der Waals surface area contributed by atoms with Crippen LogP contribution in [0, 0.1) is 0 Å². The third-order valence-electron chi connectivity index (χ3n) is 3.03. The molecule has 1 heterocycles. The fraction of sp³-hybridized carbons (Fsp3) is 0.312. The summed E-state index contributed by atoms with van der Waals surface area (Å²) in [4.78, 5) is 13.1. The first-order chi connectivity index (χ1) is 9.69. The summed E-state index contributed by atoms with van der Waals surface area (Å²) in [5, 5.41) is 4.87. The van der Waals surface area contributed by atoms with E-state index in [4.69, 9.17) is 4.74 Å². The maximum Gasteiger partial charge on any atom is 0.261 e. The summed E-state index contributed by atoms with van der Waals surface area (Å²) in [5.41, 5.74) is 1.26. The molecule has 0 aliphatic heterocycles. The second-order valence-electron chi connectivity index (χ2n) is 4.55. The molecule has 0 saturated carbocycles. The molecular formula is C16H19NO2S. The van der Waals surface area contributed by atoms with Gasteiger partial charge in [0.25, 0.3) is 5.91 Å². The SMILES string of the molecule is CCc1ccc(O[C@@H](C)C(=O)NCc2cccs2)cc1. The molecule has 20 heavy (non-hydrogen) atoms. The zero-order chi connectivity index (χ0) is 14.4. The summed E-state index contributed by atoms with van der Waals surface area (Å²) >= 11 is 1.63. The Balaban J connectivity index is 1.83. The van der Waals surface area contributed by atoms with Crippen LogP contribution in [0.4, 0.5) is 0 Å². The van der Waals surface area contributed by atoms with Gasteiger partial charge in [-0.25, -0.2) is 0 Å². The van der Waals surface area contributed by atoms with Gasteiger partial charge < -0.3 is 10.1 Å². The van der Waals surface area contributed by atoms with Crippen LogP contribution in [0.3, 0.4) is 0 Å². The smallest absolute Gasteiger partial charge is 0.261 e. The first-order valence-electron chi connectivity index (χ1n) is 6.74. The average Bonchev–Trinajstić information content (AvgIpc) is 2.98. The highest BCUT2D eigenvalue weighted by atomic mass is 32.1. The molecule has 0 saturated heterocycles. The van der Waals surface area contributed by atoms with Crippen LogP contribution in [0.2, 0.25) is 0 Å². The molecule has 0 unspecified atom stereocenters. The van der Waals surface area contributed by atoms with E-state index in [9.17, 15) is 4.79 Å². The molecule has 3 nitrogen and oxygen atoms in total. The first-order valence-corrected chi connectivity index (χ1v) is 7.62. The van der Waals surface area contributed by atoms with Gasteiger partial charge in [0.05, 0.1) is 6.54 Å². The quantitative estimate of drug-likeness (QED) is 0.885. The maximum absolute atomic E-state index is 11.9. The number of benzene rings is 1. The van der Waals surface area contributed by atoms with E-state index >= 15 is 0 Å². The van der Waals surface area contributed by atoms with Crippen LogP contribution in [0.25, 0.3) is 0 Å². The van der Waals surface area contributed by atoms with Crippen molar-refractivity contribution in [2.24, 2.45) is 0 Å². The van der Waals surface area contributed by atoms with E-state index in [1.807, 2.05) is 41.8 Å². The van der Waals surface area contributed by atoms with Crippen molar-refractivity contribution in [3.8, 4) is 5.75 Å². The lowest BCUT2D eigenvalue weighted by atomic mass is 10.2. The minimum absolute atomic E-state index is 0.0991. The van der Waals surface area contributed by atoms with E-state index < -0.39 is 6.10 Å².